The van der Waals surface area contributed by atoms with Gasteiger partial charge in [-0.05, 0) is 35.0 Å². The number of aromatic hydroxyl groups is 1. The summed E-state index contributed by atoms with van der Waals surface area (Å²) < 4.78 is 0. The zero-order valence-corrected chi connectivity index (χ0v) is 10.8. The number of nitrogens with zero attached hydrogens (tertiary/aromatic N) is 1. The summed E-state index contributed by atoms with van der Waals surface area (Å²) in [5.41, 5.74) is 0.807. The van der Waals surface area contributed by atoms with Crippen LogP contribution in [0.2, 0.25) is 5.02 Å². The van der Waals surface area contributed by atoms with E-state index in [4.69, 9.17) is 16.7 Å². The van der Waals surface area contributed by atoms with Crippen LogP contribution >= 0.6 is 11.6 Å². The van der Waals surface area contributed by atoms with E-state index >= 15 is 0 Å². The highest BCUT2D eigenvalue weighted by Crippen LogP contribution is 2.36. The zero-order chi connectivity index (χ0) is 14.3. The maximum absolute atomic E-state index is 10.9. The van der Waals surface area contributed by atoms with Gasteiger partial charge in [0.2, 0.25) is 0 Å². The van der Waals surface area contributed by atoms with Crippen LogP contribution in [0, 0.1) is 0 Å². The topological polar surface area (TPSA) is 86.2 Å². The number of carboxylic acids is 1. The number of hydrogen-bond donors (Lipinski definition) is 3. The van der Waals surface area contributed by atoms with Crippen molar-refractivity contribution in [3.63, 3.8) is 0 Å². The van der Waals surface area contributed by atoms with Gasteiger partial charge in [0.15, 0.2) is 0 Å². The van der Waals surface area contributed by atoms with Crippen LogP contribution in [0.4, 0.5) is 0 Å². The van der Waals surface area contributed by atoms with E-state index in [2.05, 4.69) is 10.2 Å². The van der Waals surface area contributed by atoms with Crippen molar-refractivity contribution in [1.82, 2.24) is 10.2 Å². The monoisotopic (exact) mass is 288 g/mol. The third kappa shape index (κ3) is 1.98. The van der Waals surface area contributed by atoms with Gasteiger partial charge in [0.05, 0.1) is 11.3 Å². The van der Waals surface area contributed by atoms with E-state index in [1.807, 2.05) is 0 Å². The fourth-order valence-electron chi connectivity index (χ4n) is 2.12. The quantitative estimate of drug-likeness (QED) is 0.675. The number of aromatic carboxylic acids is 1. The van der Waals surface area contributed by atoms with Gasteiger partial charge in [-0.25, -0.2) is 4.79 Å². The van der Waals surface area contributed by atoms with Crippen LogP contribution in [0.15, 0.2) is 36.4 Å². The van der Waals surface area contributed by atoms with Crippen molar-refractivity contribution in [2.75, 3.05) is 0 Å². The van der Waals surface area contributed by atoms with Crippen molar-refractivity contribution in [2.45, 2.75) is 0 Å². The van der Waals surface area contributed by atoms with E-state index in [0.717, 1.165) is 10.8 Å². The molecular weight excluding hydrogens is 280 g/mol. The van der Waals surface area contributed by atoms with Crippen molar-refractivity contribution in [3.05, 3.63) is 47.1 Å². The Balaban J connectivity index is 2.28. The molecular formula is C14H9ClN2O3. The van der Waals surface area contributed by atoms with Crippen molar-refractivity contribution in [3.8, 4) is 17.0 Å². The molecule has 0 saturated heterocycles. The first-order valence-electron chi connectivity index (χ1n) is 5.76. The number of phenols is 1. The number of halogens is 1. The highest BCUT2D eigenvalue weighted by atomic mass is 35.5. The average Bonchev–Trinajstić information content (AvgIpc) is 2.88. The van der Waals surface area contributed by atoms with E-state index < -0.39 is 5.97 Å². The van der Waals surface area contributed by atoms with Crippen LogP contribution in [0.25, 0.3) is 22.0 Å². The van der Waals surface area contributed by atoms with Crippen LogP contribution in [0.5, 0.6) is 5.75 Å². The number of hydrogen-bond acceptors (Lipinski definition) is 3. The summed E-state index contributed by atoms with van der Waals surface area (Å²) in [4.78, 5) is 10.9. The second-order valence-corrected chi connectivity index (χ2v) is 4.73. The molecule has 3 aromatic rings. The van der Waals surface area contributed by atoms with Crippen LogP contribution in [0.3, 0.4) is 0 Å². The van der Waals surface area contributed by atoms with E-state index in [-0.39, 0.29) is 11.4 Å². The first-order valence-corrected chi connectivity index (χ1v) is 6.14. The van der Waals surface area contributed by atoms with E-state index in [9.17, 15) is 9.90 Å². The lowest BCUT2D eigenvalue weighted by Crippen LogP contribution is -1.95. The standard InChI is InChI=1S/C14H9ClN2O3/c15-8-2-3-9-7(5-8)1-4-12(18)13(9)10-6-11(14(19)20)17-16-10/h1-6,18H,(H,16,17)(H,19,20). The molecule has 0 aliphatic heterocycles. The molecule has 0 saturated carbocycles. The Morgan fingerprint density at radius 1 is 1.20 bits per heavy atom. The van der Waals surface area contributed by atoms with Crippen molar-refractivity contribution >= 4 is 28.3 Å². The molecule has 0 bridgehead atoms. The average molecular weight is 289 g/mol. The largest absolute Gasteiger partial charge is 0.507 e. The number of carbonyl (C=O) groups is 1. The lowest BCUT2D eigenvalue weighted by molar-refractivity contribution is 0.0690. The summed E-state index contributed by atoms with van der Waals surface area (Å²) in [7, 11) is 0. The van der Waals surface area contributed by atoms with Crippen LogP contribution in [0.1, 0.15) is 10.5 Å². The minimum absolute atomic E-state index is 0.0308. The van der Waals surface area contributed by atoms with Gasteiger partial charge < -0.3 is 10.2 Å². The smallest absolute Gasteiger partial charge is 0.353 e. The molecule has 20 heavy (non-hydrogen) atoms. The Kier molecular flexibility index (Phi) is 2.84. The lowest BCUT2D eigenvalue weighted by atomic mass is 10.0. The number of aromatic amines is 1. The molecule has 0 fully saturated rings. The van der Waals surface area contributed by atoms with Crippen LogP contribution < -0.4 is 0 Å². The summed E-state index contributed by atoms with van der Waals surface area (Å²) in [6, 6.07) is 9.89. The summed E-state index contributed by atoms with van der Waals surface area (Å²) in [5, 5.41) is 27.5. The molecule has 0 aliphatic carbocycles. The fourth-order valence-corrected chi connectivity index (χ4v) is 2.30. The molecule has 2 aromatic carbocycles. The van der Waals surface area contributed by atoms with Gasteiger partial charge in [0, 0.05) is 5.02 Å². The van der Waals surface area contributed by atoms with E-state index in [1.54, 1.807) is 24.3 Å². The first-order chi connectivity index (χ1) is 9.56. The van der Waals surface area contributed by atoms with Gasteiger partial charge >= 0.3 is 5.97 Å². The zero-order valence-electron chi connectivity index (χ0n) is 10.1. The van der Waals surface area contributed by atoms with Gasteiger partial charge in [-0.3, -0.25) is 5.10 Å². The number of phenolic OH excluding ortho intramolecular Hbond substituents is 1. The molecule has 1 aromatic heterocycles. The van der Waals surface area contributed by atoms with Gasteiger partial charge in [0.1, 0.15) is 11.4 Å². The number of benzene rings is 2. The van der Waals surface area contributed by atoms with Gasteiger partial charge in [-0.15, -0.1) is 0 Å². The van der Waals surface area contributed by atoms with Gasteiger partial charge in [-0.2, -0.15) is 5.10 Å². The van der Waals surface area contributed by atoms with E-state index in [0.29, 0.717) is 16.3 Å². The molecule has 0 radical (unpaired) electrons. The Hall–Kier alpha value is -2.53. The normalized spacial score (nSPS) is 10.8. The molecule has 0 atom stereocenters. The molecule has 0 amide bonds. The molecule has 0 aliphatic rings. The molecule has 3 N–H and O–H groups in total. The SMILES string of the molecule is O=C(O)c1cc(-c2c(O)ccc3cc(Cl)ccc23)n[nH]1. The molecule has 6 heteroatoms. The van der Waals surface area contributed by atoms with Crippen LogP contribution in [-0.2, 0) is 0 Å². The second kappa shape index (κ2) is 4.54. The van der Waals surface area contributed by atoms with Crippen molar-refractivity contribution < 1.29 is 15.0 Å². The third-order valence-corrected chi connectivity index (χ3v) is 3.26. The molecule has 1 heterocycles. The molecule has 5 nitrogen and oxygen atoms in total. The Bertz CT molecular complexity index is 826. The second-order valence-electron chi connectivity index (χ2n) is 4.30. The van der Waals surface area contributed by atoms with E-state index in [1.165, 1.54) is 12.1 Å². The fraction of sp³-hybridized carbons (Fsp3) is 0. The predicted molar refractivity (Wildman–Crippen MR) is 75.2 cm³/mol. The number of rotatable bonds is 2. The number of fused-ring (bicyclic) bond motifs is 1. The lowest BCUT2D eigenvalue weighted by Gasteiger charge is -2.07. The summed E-state index contributed by atoms with van der Waals surface area (Å²) in [6.45, 7) is 0. The highest BCUT2D eigenvalue weighted by Gasteiger charge is 2.15. The van der Waals surface area contributed by atoms with Crippen molar-refractivity contribution in [1.29, 1.82) is 0 Å². The van der Waals surface area contributed by atoms with Crippen LogP contribution in [-0.4, -0.2) is 26.4 Å². The highest BCUT2D eigenvalue weighted by molar-refractivity contribution is 6.31. The Labute approximate surface area is 118 Å². The first kappa shape index (κ1) is 12.5. The summed E-state index contributed by atoms with van der Waals surface area (Å²) >= 11 is 5.94. The molecule has 100 valence electrons. The third-order valence-electron chi connectivity index (χ3n) is 3.02. The molecule has 0 spiro atoms. The summed E-state index contributed by atoms with van der Waals surface area (Å²) in [6.07, 6.45) is 0. The van der Waals surface area contributed by atoms with Gasteiger partial charge in [0.25, 0.3) is 0 Å². The minimum Gasteiger partial charge on any atom is -0.507 e. The number of carboxylic acid groups (broad SMARTS) is 1. The molecule has 0 unspecified atom stereocenters. The maximum Gasteiger partial charge on any atom is 0.353 e. The minimum atomic E-state index is -1.11. The predicted octanol–water partition coefficient (Wildman–Crippen LogP) is 3.29. The summed E-state index contributed by atoms with van der Waals surface area (Å²) in [5.74, 6) is -1.07. The number of nitrogens with one attached hydrogen (secondary N) is 1. The Morgan fingerprint density at radius 2 is 2.00 bits per heavy atom. The van der Waals surface area contributed by atoms with Gasteiger partial charge in [-0.1, -0.05) is 23.7 Å². The Morgan fingerprint density at radius 3 is 2.70 bits per heavy atom. The number of aromatic nitrogens is 2. The van der Waals surface area contributed by atoms with Crippen molar-refractivity contribution in [2.24, 2.45) is 0 Å². The number of H-pyrrole nitrogens is 1. The maximum atomic E-state index is 10.9. The molecule has 3 rings (SSSR count).